The smallest absolute Gasteiger partial charge is 0.229 e. The van der Waals surface area contributed by atoms with E-state index >= 15 is 0 Å². The Morgan fingerprint density at radius 1 is 1.03 bits per heavy atom. The van der Waals surface area contributed by atoms with E-state index in [1.807, 2.05) is 47.1 Å². The molecular weight excluding hydrogens is 390 g/mol. The van der Waals surface area contributed by atoms with Crippen LogP contribution in [0.3, 0.4) is 0 Å². The third-order valence-electron chi connectivity index (χ3n) is 5.14. The van der Waals surface area contributed by atoms with Gasteiger partial charge in [-0.25, -0.2) is 4.68 Å². The standard InChI is InChI=1S/C23H23N7O/c1-17-6-5-7-18(14-17)15-24-28-21-20-16-25-30(19-8-3-2-4-9-19)22(20)27-23(26-21)29-10-12-31-13-11-29/h2-9,14-16H,10-13H2,1H3,(H,26,27,28)/b24-15+. The van der Waals surface area contributed by atoms with E-state index < -0.39 is 0 Å². The Morgan fingerprint density at radius 3 is 2.68 bits per heavy atom. The highest BCUT2D eigenvalue weighted by Crippen LogP contribution is 2.26. The largest absolute Gasteiger partial charge is 0.378 e. The first-order chi connectivity index (χ1) is 15.3. The lowest BCUT2D eigenvalue weighted by Gasteiger charge is -2.27. The molecule has 0 unspecified atom stereocenters. The number of hydrogen-bond acceptors (Lipinski definition) is 7. The molecule has 3 heterocycles. The van der Waals surface area contributed by atoms with Crippen molar-refractivity contribution >= 4 is 29.0 Å². The number of anilines is 2. The molecule has 2 aromatic carbocycles. The van der Waals surface area contributed by atoms with E-state index in [9.17, 15) is 0 Å². The van der Waals surface area contributed by atoms with Crippen LogP contribution in [0.25, 0.3) is 16.7 Å². The third-order valence-corrected chi connectivity index (χ3v) is 5.14. The van der Waals surface area contributed by atoms with Crippen molar-refractivity contribution < 1.29 is 4.74 Å². The zero-order valence-electron chi connectivity index (χ0n) is 17.3. The maximum Gasteiger partial charge on any atom is 0.229 e. The predicted octanol–water partition coefficient (Wildman–Crippen LogP) is 3.41. The van der Waals surface area contributed by atoms with Crippen LogP contribution in [0.4, 0.5) is 11.8 Å². The molecule has 4 aromatic rings. The molecule has 31 heavy (non-hydrogen) atoms. The van der Waals surface area contributed by atoms with Gasteiger partial charge in [0.25, 0.3) is 0 Å². The summed E-state index contributed by atoms with van der Waals surface area (Å²) >= 11 is 0. The van der Waals surface area contributed by atoms with Crippen molar-refractivity contribution in [1.82, 2.24) is 19.7 Å². The summed E-state index contributed by atoms with van der Waals surface area (Å²) in [6.45, 7) is 4.88. The Labute approximate surface area is 180 Å². The van der Waals surface area contributed by atoms with Gasteiger partial charge >= 0.3 is 0 Å². The number of para-hydroxylation sites is 1. The van der Waals surface area contributed by atoms with Crippen LogP contribution in [-0.2, 0) is 4.74 Å². The lowest BCUT2D eigenvalue weighted by molar-refractivity contribution is 0.122. The van der Waals surface area contributed by atoms with E-state index in [1.54, 1.807) is 12.4 Å². The van der Waals surface area contributed by atoms with Crippen molar-refractivity contribution in [3.8, 4) is 5.69 Å². The number of rotatable bonds is 5. The van der Waals surface area contributed by atoms with Crippen LogP contribution in [0.1, 0.15) is 11.1 Å². The minimum atomic E-state index is 0.623. The van der Waals surface area contributed by atoms with E-state index in [0.717, 1.165) is 35.4 Å². The third kappa shape index (κ3) is 4.10. The number of hydrazone groups is 1. The minimum absolute atomic E-state index is 0.623. The number of nitrogens with zero attached hydrogens (tertiary/aromatic N) is 6. The highest BCUT2D eigenvalue weighted by Gasteiger charge is 2.19. The summed E-state index contributed by atoms with van der Waals surface area (Å²) < 4.78 is 7.32. The highest BCUT2D eigenvalue weighted by molar-refractivity contribution is 5.89. The number of hydrogen-bond donors (Lipinski definition) is 1. The molecule has 1 aliphatic heterocycles. The van der Waals surface area contributed by atoms with Gasteiger partial charge in [0.05, 0.1) is 36.7 Å². The van der Waals surface area contributed by atoms with Crippen molar-refractivity contribution in [3.63, 3.8) is 0 Å². The average Bonchev–Trinajstić information content (AvgIpc) is 3.24. The van der Waals surface area contributed by atoms with Gasteiger partial charge in [-0.05, 0) is 24.6 Å². The van der Waals surface area contributed by atoms with Crippen LogP contribution < -0.4 is 10.3 Å². The SMILES string of the molecule is Cc1cccc(/C=N/Nc2nc(N3CCOCC3)nc3c2cnn3-c2ccccc2)c1. The van der Waals surface area contributed by atoms with Gasteiger partial charge in [0.15, 0.2) is 11.5 Å². The summed E-state index contributed by atoms with van der Waals surface area (Å²) in [6, 6.07) is 18.1. The summed E-state index contributed by atoms with van der Waals surface area (Å²) in [6.07, 6.45) is 3.56. The fourth-order valence-corrected chi connectivity index (χ4v) is 3.56. The molecule has 8 nitrogen and oxygen atoms in total. The molecule has 2 aromatic heterocycles. The molecule has 1 N–H and O–H groups in total. The molecule has 8 heteroatoms. The molecule has 5 rings (SSSR count). The van der Waals surface area contributed by atoms with Crippen molar-refractivity contribution in [2.75, 3.05) is 36.6 Å². The first-order valence-corrected chi connectivity index (χ1v) is 10.3. The summed E-state index contributed by atoms with van der Waals surface area (Å²) in [5, 5.41) is 9.80. The van der Waals surface area contributed by atoms with E-state index in [4.69, 9.17) is 14.7 Å². The number of morpholine rings is 1. The average molecular weight is 413 g/mol. The summed E-state index contributed by atoms with van der Waals surface area (Å²) in [4.78, 5) is 11.7. The van der Waals surface area contributed by atoms with Gasteiger partial charge in [-0.3, -0.25) is 5.43 Å². The van der Waals surface area contributed by atoms with Crippen LogP contribution in [0.15, 0.2) is 65.9 Å². The van der Waals surface area contributed by atoms with Crippen LogP contribution in [0, 0.1) is 6.92 Å². The Balaban J connectivity index is 1.54. The molecular formula is C23H23N7O. The van der Waals surface area contributed by atoms with Crippen LogP contribution in [0.5, 0.6) is 0 Å². The van der Waals surface area contributed by atoms with Gasteiger partial charge in [-0.15, -0.1) is 0 Å². The first kappa shape index (κ1) is 19.2. The van der Waals surface area contributed by atoms with Crippen molar-refractivity contribution in [2.24, 2.45) is 5.10 Å². The monoisotopic (exact) mass is 413 g/mol. The topological polar surface area (TPSA) is 80.5 Å². The van der Waals surface area contributed by atoms with Gasteiger partial charge in [0, 0.05) is 13.1 Å². The number of aromatic nitrogens is 4. The normalized spacial score (nSPS) is 14.4. The molecule has 0 radical (unpaired) electrons. The Bertz CT molecular complexity index is 1210. The molecule has 0 atom stereocenters. The van der Waals surface area contributed by atoms with Gasteiger partial charge in [-0.1, -0.05) is 48.0 Å². The van der Waals surface area contributed by atoms with Gasteiger partial charge in [-0.2, -0.15) is 20.2 Å². The van der Waals surface area contributed by atoms with Crippen LogP contribution >= 0.6 is 0 Å². The van der Waals surface area contributed by atoms with Crippen molar-refractivity contribution in [3.05, 3.63) is 71.9 Å². The molecule has 0 spiro atoms. The van der Waals surface area contributed by atoms with Crippen molar-refractivity contribution in [2.45, 2.75) is 6.92 Å². The zero-order chi connectivity index (χ0) is 21.0. The second-order valence-electron chi connectivity index (χ2n) is 7.38. The zero-order valence-corrected chi connectivity index (χ0v) is 17.3. The molecule has 1 fully saturated rings. The van der Waals surface area contributed by atoms with Crippen LogP contribution in [-0.4, -0.2) is 52.3 Å². The first-order valence-electron chi connectivity index (χ1n) is 10.3. The van der Waals surface area contributed by atoms with E-state index in [0.29, 0.717) is 25.0 Å². The molecule has 156 valence electrons. The molecule has 1 saturated heterocycles. The number of aryl methyl sites for hydroxylation is 1. The maximum atomic E-state index is 5.49. The number of benzene rings is 2. The van der Waals surface area contributed by atoms with Crippen LogP contribution in [0.2, 0.25) is 0 Å². The Morgan fingerprint density at radius 2 is 1.87 bits per heavy atom. The lowest BCUT2D eigenvalue weighted by atomic mass is 10.2. The summed E-state index contributed by atoms with van der Waals surface area (Å²) in [5.74, 6) is 1.26. The van der Waals surface area contributed by atoms with E-state index in [-0.39, 0.29) is 0 Å². The van der Waals surface area contributed by atoms with Gasteiger partial charge < -0.3 is 9.64 Å². The molecule has 0 aliphatic carbocycles. The molecule has 0 saturated carbocycles. The quantitative estimate of drug-likeness (QED) is 0.399. The maximum absolute atomic E-state index is 5.49. The van der Waals surface area contributed by atoms with Crippen molar-refractivity contribution in [1.29, 1.82) is 0 Å². The molecule has 1 aliphatic rings. The van der Waals surface area contributed by atoms with E-state index in [1.165, 1.54) is 5.56 Å². The van der Waals surface area contributed by atoms with E-state index in [2.05, 4.69) is 39.6 Å². The Hall–Kier alpha value is -3.78. The predicted molar refractivity (Wildman–Crippen MR) is 122 cm³/mol. The fourth-order valence-electron chi connectivity index (χ4n) is 3.56. The molecule has 0 amide bonds. The number of fused-ring (bicyclic) bond motifs is 1. The fraction of sp³-hybridized carbons (Fsp3) is 0.217. The summed E-state index contributed by atoms with van der Waals surface area (Å²) in [7, 11) is 0. The van der Waals surface area contributed by atoms with Gasteiger partial charge in [0.2, 0.25) is 5.95 Å². The minimum Gasteiger partial charge on any atom is -0.378 e. The lowest BCUT2D eigenvalue weighted by Crippen LogP contribution is -2.37. The highest BCUT2D eigenvalue weighted by atomic mass is 16.5. The summed E-state index contributed by atoms with van der Waals surface area (Å²) in [5.41, 5.74) is 6.99. The number of nitrogens with one attached hydrogen (secondary N) is 1. The number of ether oxygens (including phenoxy) is 1. The Kier molecular flexibility index (Phi) is 5.28. The van der Waals surface area contributed by atoms with Gasteiger partial charge in [0.1, 0.15) is 0 Å². The second kappa shape index (κ2) is 8.53. The molecule has 0 bridgehead atoms. The second-order valence-corrected chi connectivity index (χ2v) is 7.38.